The second kappa shape index (κ2) is 9.10. The monoisotopic (exact) mass is 487 g/mol. The number of fused-ring (bicyclic) bond motifs is 1. The maximum absolute atomic E-state index is 13.2. The molecule has 30 heavy (non-hydrogen) atoms. The van der Waals surface area contributed by atoms with Crippen molar-refractivity contribution in [2.45, 2.75) is 12.5 Å². The lowest BCUT2D eigenvalue weighted by atomic mass is 9.90. The van der Waals surface area contributed by atoms with Gasteiger partial charge >= 0.3 is 0 Å². The van der Waals surface area contributed by atoms with Crippen LogP contribution in [0.25, 0.3) is 0 Å². The van der Waals surface area contributed by atoms with Crippen LogP contribution in [0.1, 0.15) is 22.0 Å². The van der Waals surface area contributed by atoms with E-state index < -0.39 is 0 Å². The van der Waals surface area contributed by atoms with Crippen molar-refractivity contribution in [1.29, 1.82) is 0 Å². The Morgan fingerprint density at radius 2 is 1.87 bits per heavy atom. The molecule has 1 atom stereocenters. The zero-order valence-electron chi connectivity index (χ0n) is 16.8. The average molecular weight is 488 g/mol. The summed E-state index contributed by atoms with van der Waals surface area (Å²) in [5.74, 6) is 2.00. The van der Waals surface area contributed by atoms with Crippen LogP contribution in [0.2, 0.25) is 0 Å². The van der Waals surface area contributed by atoms with Gasteiger partial charge in [-0.05, 0) is 65.4 Å². The number of thiophene rings is 1. The zero-order chi connectivity index (χ0) is 21.1. The molecule has 1 aromatic heterocycles. The first-order valence-electron chi connectivity index (χ1n) is 9.56. The molecule has 5 nitrogen and oxygen atoms in total. The van der Waals surface area contributed by atoms with Crippen LogP contribution in [0.3, 0.4) is 0 Å². The molecular weight excluding hydrogens is 466 g/mol. The van der Waals surface area contributed by atoms with Crippen molar-refractivity contribution in [3.63, 3.8) is 0 Å². The Labute approximate surface area is 188 Å². The molecule has 0 N–H and O–H groups in total. The lowest BCUT2D eigenvalue weighted by molar-refractivity contribution is -0.135. The number of halogens is 1. The van der Waals surface area contributed by atoms with Gasteiger partial charge in [-0.1, -0.05) is 22.0 Å². The first-order chi connectivity index (χ1) is 14.6. The van der Waals surface area contributed by atoms with E-state index in [0.717, 1.165) is 21.3 Å². The van der Waals surface area contributed by atoms with E-state index in [1.807, 2.05) is 52.7 Å². The number of ether oxygens (including phenoxy) is 3. The summed E-state index contributed by atoms with van der Waals surface area (Å²) in [4.78, 5) is 16.2. The fourth-order valence-electron chi connectivity index (χ4n) is 3.73. The normalized spacial score (nSPS) is 15.4. The highest BCUT2D eigenvalue weighted by Gasteiger charge is 2.34. The maximum Gasteiger partial charge on any atom is 0.261 e. The SMILES string of the molecule is COc1cc2c(cc1OC)C(c1cccs1)N(C(=O)COc1ccc(Br)cc1)CC2. The first-order valence-corrected chi connectivity index (χ1v) is 11.2. The summed E-state index contributed by atoms with van der Waals surface area (Å²) in [5, 5.41) is 2.03. The molecule has 1 aliphatic heterocycles. The van der Waals surface area contributed by atoms with Gasteiger partial charge in [0.2, 0.25) is 0 Å². The van der Waals surface area contributed by atoms with Crippen molar-refractivity contribution in [3.05, 3.63) is 74.4 Å². The molecule has 0 fully saturated rings. The van der Waals surface area contributed by atoms with Crippen LogP contribution in [0.5, 0.6) is 17.2 Å². The third kappa shape index (κ3) is 4.18. The molecule has 0 spiro atoms. The van der Waals surface area contributed by atoms with Crippen molar-refractivity contribution in [2.75, 3.05) is 27.4 Å². The molecular formula is C23H22BrNO4S. The number of carbonyl (C=O) groups is 1. The van der Waals surface area contributed by atoms with E-state index in [0.29, 0.717) is 23.8 Å². The van der Waals surface area contributed by atoms with Gasteiger partial charge in [0.15, 0.2) is 18.1 Å². The predicted octanol–water partition coefficient (Wildman–Crippen LogP) is 5.08. The molecule has 0 radical (unpaired) electrons. The number of nitrogens with zero attached hydrogens (tertiary/aromatic N) is 1. The van der Waals surface area contributed by atoms with E-state index >= 15 is 0 Å². The lowest BCUT2D eigenvalue weighted by Crippen LogP contribution is -2.42. The smallest absolute Gasteiger partial charge is 0.261 e. The van der Waals surface area contributed by atoms with Crippen molar-refractivity contribution >= 4 is 33.2 Å². The molecule has 4 rings (SSSR count). The summed E-state index contributed by atoms with van der Waals surface area (Å²) in [6.45, 7) is 0.611. The van der Waals surface area contributed by atoms with Gasteiger partial charge in [0, 0.05) is 15.9 Å². The van der Waals surface area contributed by atoms with Crippen LogP contribution in [-0.4, -0.2) is 38.2 Å². The molecule has 7 heteroatoms. The molecule has 1 unspecified atom stereocenters. The standard InChI is InChI=1S/C23H22BrNO4S/c1-27-19-12-15-9-10-25(22(26)14-29-17-7-5-16(24)6-8-17)23(21-4-3-11-30-21)18(15)13-20(19)28-2/h3-8,11-13,23H,9-10,14H2,1-2H3. The average Bonchev–Trinajstić information content (AvgIpc) is 3.31. The molecule has 1 aliphatic rings. The second-order valence-electron chi connectivity index (χ2n) is 6.90. The first kappa shape index (κ1) is 20.8. The second-order valence-corrected chi connectivity index (χ2v) is 8.80. The van der Waals surface area contributed by atoms with Gasteiger partial charge < -0.3 is 19.1 Å². The molecule has 0 bridgehead atoms. The van der Waals surface area contributed by atoms with Crippen molar-refractivity contribution in [1.82, 2.24) is 4.90 Å². The molecule has 0 saturated heterocycles. The fraction of sp³-hybridized carbons (Fsp3) is 0.261. The van der Waals surface area contributed by atoms with Gasteiger partial charge in [0.05, 0.1) is 20.3 Å². The molecule has 2 aromatic carbocycles. The van der Waals surface area contributed by atoms with Gasteiger partial charge in [0.1, 0.15) is 5.75 Å². The van der Waals surface area contributed by atoms with E-state index in [4.69, 9.17) is 14.2 Å². The molecule has 3 aromatic rings. The minimum atomic E-state index is -0.172. The van der Waals surface area contributed by atoms with Crippen molar-refractivity contribution in [3.8, 4) is 17.2 Å². The van der Waals surface area contributed by atoms with Gasteiger partial charge in [-0.25, -0.2) is 0 Å². The summed E-state index contributed by atoms with van der Waals surface area (Å²) in [6, 6.07) is 15.4. The van der Waals surface area contributed by atoms with E-state index in [1.54, 1.807) is 25.6 Å². The van der Waals surface area contributed by atoms with Gasteiger partial charge in [0.25, 0.3) is 5.91 Å². The molecule has 156 valence electrons. The number of hydrogen-bond acceptors (Lipinski definition) is 5. The van der Waals surface area contributed by atoms with Gasteiger partial charge in [-0.2, -0.15) is 0 Å². The van der Waals surface area contributed by atoms with Gasteiger partial charge in [-0.15, -0.1) is 11.3 Å². The van der Waals surface area contributed by atoms with E-state index in [9.17, 15) is 4.79 Å². The number of amides is 1. The topological polar surface area (TPSA) is 48.0 Å². The summed E-state index contributed by atoms with van der Waals surface area (Å²) in [6.07, 6.45) is 0.752. The van der Waals surface area contributed by atoms with Gasteiger partial charge in [-0.3, -0.25) is 4.79 Å². The number of methoxy groups -OCH3 is 2. The van der Waals surface area contributed by atoms with Crippen LogP contribution in [0.4, 0.5) is 0 Å². The summed E-state index contributed by atoms with van der Waals surface area (Å²) >= 11 is 5.05. The third-order valence-corrected chi connectivity index (χ3v) is 6.64. The third-order valence-electron chi connectivity index (χ3n) is 5.18. The molecule has 2 heterocycles. The van der Waals surface area contributed by atoms with Crippen LogP contribution in [0.15, 0.2) is 58.4 Å². The Morgan fingerprint density at radius 1 is 1.13 bits per heavy atom. The highest BCUT2D eigenvalue weighted by molar-refractivity contribution is 9.10. The summed E-state index contributed by atoms with van der Waals surface area (Å²) < 4.78 is 17.7. The number of rotatable bonds is 6. The van der Waals surface area contributed by atoms with Crippen molar-refractivity contribution in [2.24, 2.45) is 0 Å². The summed E-state index contributed by atoms with van der Waals surface area (Å²) in [5.41, 5.74) is 2.24. The zero-order valence-corrected chi connectivity index (χ0v) is 19.2. The van der Waals surface area contributed by atoms with Crippen LogP contribution in [0, 0.1) is 0 Å². The Bertz CT molecular complexity index is 1020. The molecule has 1 amide bonds. The Balaban J connectivity index is 1.63. The molecule has 0 aliphatic carbocycles. The minimum Gasteiger partial charge on any atom is -0.493 e. The predicted molar refractivity (Wildman–Crippen MR) is 121 cm³/mol. The summed E-state index contributed by atoms with van der Waals surface area (Å²) in [7, 11) is 3.27. The highest BCUT2D eigenvalue weighted by atomic mass is 79.9. The van der Waals surface area contributed by atoms with E-state index in [1.165, 1.54) is 5.56 Å². The van der Waals surface area contributed by atoms with Crippen molar-refractivity contribution < 1.29 is 19.0 Å². The Hall–Kier alpha value is -2.51. The number of hydrogen-bond donors (Lipinski definition) is 0. The fourth-order valence-corrected chi connectivity index (χ4v) is 4.85. The number of benzene rings is 2. The number of carbonyl (C=O) groups excluding carboxylic acids is 1. The van der Waals surface area contributed by atoms with E-state index in [-0.39, 0.29) is 18.6 Å². The molecule has 0 saturated carbocycles. The largest absolute Gasteiger partial charge is 0.493 e. The lowest BCUT2D eigenvalue weighted by Gasteiger charge is -2.37. The van der Waals surface area contributed by atoms with Crippen LogP contribution in [-0.2, 0) is 11.2 Å². The Kier molecular flexibility index (Phi) is 6.29. The highest BCUT2D eigenvalue weighted by Crippen LogP contribution is 2.42. The van der Waals surface area contributed by atoms with Crippen LogP contribution >= 0.6 is 27.3 Å². The maximum atomic E-state index is 13.2. The van der Waals surface area contributed by atoms with E-state index in [2.05, 4.69) is 22.0 Å². The van der Waals surface area contributed by atoms with Crippen LogP contribution < -0.4 is 14.2 Å². The Morgan fingerprint density at radius 3 is 2.53 bits per heavy atom. The minimum absolute atomic E-state index is 0.00781. The quantitative estimate of drug-likeness (QED) is 0.486.